The first-order valence-electron chi connectivity index (χ1n) is 9.01. The number of rotatable bonds is 6. The Kier molecular flexibility index (Phi) is 4.99. The van der Waals surface area contributed by atoms with E-state index in [4.69, 9.17) is 18.9 Å². The van der Waals surface area contributed by atoms with E-state index in [1.54, 1.807) is 28.4 Å². The topological polar surface area (TPSA) is 79.7 Å². The molecule has 0 saturated heterocycles. The number of ether oxygens (including phenoxy) is 4. The summed E-state index contributed by atoms with van der Waals surface area (Å²) < 4.78 is 23.7. The molecule has 29 heavy (non-hydrogen) atoms. The number of allylic oxidation sites excluding steroid dienone is 1. The zero-order chi connectivity index (χ0) is 20.4. The van der Waals surface area contributed by atoms with Crippen molar-refractivity contribution in [3.8, 4) is 23.0 Å². The Morgan fingerprint density at radius 2 is 1.69 bits per heavy atom. The van der Waals surface area contributed by atoms with Crippen LogP contribution in [-0.2, 0) is 0 Å². The van der Waals surface area contributed by atoms with E-state index in [0.717, 1.165) is 22.6 Å². The second-order valence-corrected chi connectivity index (χ2v) is 6.37. The fraction of sp³-hybridized carbons (Fsp3) is 0.238. The molecule has 4 rings (SSSR count). The molecule has 8 nitrogen and oxygen atoms in total. The fourth-order valence-corrected chi connectivity index (χ4v) is 3.40. The summed E-state index contributed by atoms with van der Waals surface area (Å²) in [6, 6.07) is 11.5. The van der Waals surface area contributed by atoms with Crippen LogP contribution in [0.15, 0.2) is 48.8 Å². The molecule has 0 radical (unpaired) electrons. The quantitative estimate of drug-likeness (QED) is 0.687. The zero-order valence-electron chi connectivity index (χ0n) is 16.7. The zero-order valence-corrected chi connectivity index (χ0v) is 16.7. The number of benzene rings is 2. The van der Waals surface area contributed by atoms with Crippen LogP contribution in [0.4, 0.5) is 5.95 Å². The molecular formula is C21H22N4O4. The van der Waals surface area contributed by atoms with Crippen molar-refractivity contribution in [2.75, 3.05) is 33.8 Å². The molecule has 1 aliphatic heterocycles. The highest BCUT2D eigenvalue weighted by Gasteiger charge is 2.26. The minimum atomic E-state index is -0.219. The largest absolute Gasteiger partial charge is 0.497 e. The van der Waals surface area contributed by atoms with E-state index in [2.05, 4.69) is 21.5 Å². The minimum Gasteiger partial charge on any atom is -0.497 e. The molecule has 2 aromatic carbocycles. The molecule has 1 atom stereocenters. The predicted octanol–water partition coefficient (Wildman–Crippen LogP) is 3.37. The van der Waals surface area contributed by atoms with Crippen LogP contribution in [0.1, 0.15) is 17.2 Å². The van der Waals surface area contributed by atoms with Crippen LogP contribution in [0.3, 0.4) is 0 Å². The van der Waals surface area contributed by atoms with Gasteiger partial charge in [0.25, 0.3) is 0 Å². The lowest BCUT2D eigenvalue weighted by molar-refractivity contribution is 0.323. The van der Waals surface area contributed by atoms with E-state index in [0.29, 0.717) is 23.2 Å². The Morgan fingerprint density at radius 3 is 2.34 bits per heavy atom. The average molecular weight is 394 g/mol. The van der Waals surface area contributed by atoms with Gasteiger partial charge >= 0.3 is 0 Å². The summed E-state index contributed by atoms with van der Waals surface area (Å²) in [4.78, 5) is 4.35. The average Bonchev–Trinajstić information content (AvgIpc) is 3.26. The van der Waals surface area contributed by atoms with E-state index in [-0.39, 0.29) is 6.04 Å². The number of nitrogens with one attached hydrogen (secondary N) is 1. The fourth-order valence-electron chi connectivity index (χ4n) is 3.40. The van der Waals surface area contributed by atoms with E-state index in [1.807, 2.05) is 41.1 Å². The third-order valence-electron chi connectivity index (χ3n) is 4.82. The highest BCUT2D eigenvalue weighted by atomic mass is 16.5. The smallest absolute Gasteiger partial charge is 0.226 e. The molecular weight excluding hydrogens is 372 g/mol. The van der Waals surface area contributed by atoms with E-state index in [9.17, 15) is 0 Å². The highest BCUT2D eigenvalue weighted by Crippen LogP contribution is 2.42. The first-order valence-corrected chi connectivity index (χ1v) is 9.01. The Bertz CT molecular complexity index is 1040. The van der Waals surface area contributed by atoms with Gasteiger partial charge in [0.15, 0.2) is 11.5 Å². The van der Waals surface area contributed by atoms with Crippen molar-refractivity contribution < 1.29 is 18.9 Å². The number of nitrogens with zero attached hydrogens (tertiary/aromatic N) is 3. The second kappa shape index (κ2) is 7.75. The minimum absolute atomic E-state index is 0.219. The SMILES string of the molecule is COc1cccc(C2=CC(c3cc(OC)c(OC)c(OC)c3)n3ncnc3N2)c1. The molecule has 1 unspecified atom stereocenters. The monoisotopic (exact) mass is 394 g/mol. The first-order chi connectivity index (χ1) is 14.2. The number of fused-ring (bicyclic) bond motifs is 1. The summed E-state index contributed by atoms with van der Waals surface area (Å²) >= 11 is 0. The van der Waals surface area contributed by atoms with Crippen LogP contribution in [0.5, 0.6) is 23.0 Å². The molecule has 150 valence electrons. The maximum Gasteiger partial charge on any atom is 0.226 e. The van der Waals surface area contributed by atoms with E-state index >= 15 is 0 Å². The lowest BCUT2D eigenvalue weighted by Gasteiger charge is -2.25. The van der Waals surface area contributed by atoms with Gasteiger partial charge in [0.1, 0.15) is 18.1 Å². The Labute approximate surface area is 168 Å². The van der Waals surface area contributed by atoms with Gasteiger partial charge in [-0.25, -0.2) is 4.68 Å². The number of methoxy groups -OCH3 is 4. The summed E-state index contributed by atoms with van der Waals surface area (Å²) in [6.07, 6.45) is 3.60. The maximum atomic E-state index is 5.52. The van der Waals surface area contributed by atoms with Crippen LogP contribution in [0.2, 0.25) is 0 Å². The van der Waals surface area contributed by atoms with Crippen molar-refractivity contribution in [1.29, 1.82) is 0 Å². The van der Waals surface area contributed by atoms with Crippen LogP contribution in [0.25, 0.3) is 5.70 Å². The molecule has 1 aliphatic rings. The Balaban J connectivity index is 1.84. The lowest BCUT2D eigenvalue weighted by Crippen LogP contribution is -2.20. The molecule has 0 fully saturated rings. The normalized spacial score (nSPS) is 15.0. The molecule has 0 amide bonds. The van der Waals surface area contributed by atoms with Gasteiger partial charge in [-0.05, 0) is 35.9 Å². The van der Waals surface area contributed by atoms with Crippen molar-refractivity contribution >= 4 is 11.6 Å². The van der Waals surface area contributed by atoms with E-state index < -0.39 is 0 Å². The summed E-state index contributed by atoms with van der Waals surface area (Å²) in [6.45, 7) is 0. The second-order valence-electron chi connectivity index (χ2n) is 6.37. The Morgan fingerprint density at radius 1 is 0.931 bits per heavy atom. The van der Waals surface area contributed by atoms with Crippen molar-refractivity contribution in [2.24, 2.45) is 0 Å². The number of anilines is 1. The van der Waals surface area contributed by atoms with Crippen molar-refractivity contribution in [1.82, 2.24) is 14.8 Å². The van der Waals surface area contributed by atoms with Gasteiger partial charge in [-0.1, -0.05) is 12.1 Å². The van der Waals surface area contributed by atoms with Gasteiger partial charge in [-0.15, -0.1) is 0 Å². The third-order valence-corrected chi connectivity index (χ3v) is 4.82. The number of hydrogen-bond donors (Lipinski definition) is 1. The summed E-state index contributed by atoms with van der Waals surface area (Å²) in [5.74, 6) is 3.13. The van der Waals surface area contributed by atoms with Gasteiger partial charge in [0.05, 0.1) is 28.4 Å². The molecule has 0 saturated carbocycles. The van der Waals surface area contributed by atoms with E-state index in [1.165, 1.54) is 6.33 Å². The van der Waals surface area contributed by atoms with Gasteiger partial charge in [-0.3, -0.25) is 0 Å². The molecule has 8 heteroatoms. The van der Waals surface area contributed by atoms with Crippen molar-refractivity contribution in [3.05, 3.63) is 59.9 Å². The molecule has 2 heterocycles. The van der Waals surface area contributed by atoms with Crippen LogP contribution in [0, 0.1) is 0 Å². The standard InChI is InChI=1S/C21H22N4O4/c1-26-15-7-5-6-13(8-15)16-11-17(25-21(24-16)22-12-23-25)14-9-18(27-2)20(29-4)19(10-14)28-3/h5-12,17H,1-4H3,(H,22,23,24). The van der Waals surface area contributed by atoms with Gasteiger partial charge < -0.3 is 24.3 Å². The molecule has 0 spiro atoms. The number of aromatic nitrogens is 3. The maximum absolute atomic E-state index is 5.52. The molecule has 3 aromatic rings. The van der Waals surface area contributed by atoms with Gasteiger partial charge in [0.2, 0.25) is 11.7 Å². The first kappa shape index (κ1) is 18.7. The van der Waals surface area contributed by atoms with Crippen LogP contribution < -0.4 is 24.3 Å². The van der Waals surface area contributed by atoms with Crippen LogP contribution >= 0.6 is 0 Å². The van der Waals surface area contributed by atoms with Crippen LogP contribution in [-0.4, -0.2) is 43.2 Å². The Hall–Kier alpha value is -3.68. The lowest BCUT2D eigenvalue weighted by atomic mass is 10.0. The third kappa shape index (κ3) is 3.33. The molecule has 1 N–H and O–H groups in total. The van der Waals surface area contributed by atoms with Gasteiger partial charge in [0, 0.05) is 11.3 Å². The van der Waals surface area contributed by atoms with Gasteiger partial charge in [-0.2, -0.15) is 10.1 Å². The van der Waals surface area contributed by atoms with Crippen molar-refractivity contribution in [2.45, 2.75) is 6.04 Å². The predicted molar refractivity (Wildman–Crippen MR) is 109 cm³/mol. The summed E-state index contributed by atoms with van der Waals surface area (Å²) in [5.41, 5.74) is 2.81. The molecule has 0 aliphatic carbocycles. The van der Waals surface area contributed by atoms with Crippen molar-refractivity contribution in [3.63, 3.8) is 0 Å². The number of hydrogen-bond acceptors (Lipinski definition) is 7. The summed E-state index contributed by atoms with van der Waals surface area (Å²) in [7, 11) is 6.43. The molecule has 1 aromatic heterocycles. The summed E-state index contributed by atoms with van der Waals surface area (Å²) in [5, 5.41) is 7.72. The molecule has 0 bridgehead atoms. The highest BCUT2D eigenvalue weighted by molar-refractivity contribution is 5.77.